The highest BCUT2D eigenvalue weighted by Crippen LogP contribution is 2.35. The molecular formula is C10H11F3N2O2. The van der Waals surface area contributed by atoms with E-state index in [1.807, 2.05) is 0 Å². The fourth-order valence-electron chi connectivity index (χ4n) is 2.00. The van der Waals surface area contributed by atoms with Gasteiger partial charge in [0.1, 0.15) is 0 Å². The molecule has 1 aromatic rings. The van der Waals surface area contributed by atoms with Crippen LogP contribution in [0.1, 0.15) is 40.5 Å². The average Bonchev–Trinajstić information content (AvgIpc) is 2.73. The summed E-state index contributed by atoms with van der Waals surface area (Å²) in [7, 11) is 0. The van der Waals surface area contributed by atoms with Gasteiger partial charge in [-0.2, -0.15) is 18.3 Å². The Labute approximate surface area is 95.1 Å². The van der Waals surface area contributed by atoms with Crippen LogP contribution in [0, 0.1) is 0 Å². The van der Waals surface area contributed by atoms with Gasteiger partial charge < -0.3 is 4.74 Å². The van der Waals surface area contributed by atoms with E-state index < -0.39 is 11.9 Å². The number of alkyl halides is 3. The molecule has 1 fully saturated rings. The van der Waals surface area contributed by atoms with E-state index in [-0.39, 0.29) is 23.5 Å². The molecule has 2 heterocycles. The van der Waals surface area contributed by atoms with Crippen LogP contribution in [0.2, 0.25) is 0 Å². The highest BCUT2D eigenvalue weighted by atomic mass is 19.4. The van der Waals surface area contributed by atoms with Crippen LogP contribution in [0.4, 0.5) is 13.2 Å². The SMILES string of the molecule is O=Cc1c(C(F)(F)F)n[nH]c1C1CCOCC1. The van der Waals surface area contributed by atoms with Crippen molar-refractivity contribution in [2.75, 3.05) is 13.2 Å². The topological polar surface area (TPSA) is 55.0 Å². The maximum absolute atomic E-state index is 12.5. The van der Waals surface area contributed by atoms with E-state index in [0.29, 0.717) is 26.1 Å². The highest BCUT2D eigenvalue weighted by molar-refractivity contribution is 5.79. The van der Waals surface area contributed by atoms with E-state index >= 15 is 0 Å². The number of nitrogens with one attached hydrogen (secondary N) is 1. The molecule has 1 aromatic heterocycles. The number of H-pyrrole nitrogens is 1. The molecule has 94 valence electrons. The van der Waals surface area contributed by atoms with Crippen molar-refractivity contribution in [3.05, 3.63) is 17.0 Å². The maximum Gasteiger partial charge on any atom is 0.435 e. The molecule has 1 aliphatic rings. The van der Waals surface area contributed by atoms with Crippen molar-refractivity contribution in [3.63, 3.8) is 0 Å². The molecule has 1 N–H and O–H groups in total. The summed E-state index contributed by atoms with van der Waals surface area (Å²) in [6.07, 6.45) is -3.19. The highest BCUT2D eigenvalue weighted by Gasteiger charge is 2.39. The molecular weight excluding hydrogens is 237 g/mol. The number of carbonyl (C=O) groups is 1. The van der Waals surface area contributed by atoms with Crippen molar-refractivity contribution < 1.29 is 22.7 Å². The first kappa shape index (κ1) is 12.1. The van der Waals surface area contributed by atoms with E-state index in [0.717, 1.165) is 0 Å². The van der Waals surface area contributed by atoms with Crippen molar-refractivity contribution in [2.24, 2.45) is 0 Å². The third-order valence-electron chi connectivity index (χ3n) is 2.85. The molecule has 7 heteroatoms. The Morgan fingerprint density at radius 1 is 1.35 bits per heavy atom. The minimum atomic E-state index is -4.60. The molecule has 17 heavy (non-hydrogen) atoms. The smallest absolute Gasteiger partial charge is 0.381 e. The minimum Gasteiger partial charge on any atom is -0.381 e. The van der Waals surface area contributed by atoms with Crippen molar-refractivity contribution in [2.45, 2.75) is 24.9 Å². The van der Waals surface area contributed by atoms with E-state index in [4.69, 9.17) is 4.74 Å². The molecule has 0 amide bonds. The summed E-state index contributed by atoms with van der Waals surface area (Å²) < 4.78 is 42.8. The van der Waals surface area contributed by atoms with Crippen LogP contribution in [-0.4, -0.2) is 29.7 Å². The van der Waals surface area contributed by atoms with Gasteiger partial charge in [-0.05, 0) is 12.8 Å². The normalized spacial score (nSPS) is 18.3. The fourth-order valence-corrected chi connectivity index (χ4v) is 2.00. The van der Waals surface area contributed by atoms with Gasteiger partial charge in [-0.25, -0.2) is 0 Å². The molecule has 2 rings (SSSR count). The molecule has 0 aliphatic carbocycles. The lowest BCUT2D eigenvalue weighted by Gasteiger charge is -2.21. The van der Waals surface area contributed by atoms with E-state index in [2.05, 4.69) is 10.2 Å². The number of aromatic nitrogens is 2. The zero-order chi connectivity index (χ0) is 12.5. The maximum atomic E-state index is 12.5. The second-order valence-corrected chi connectivity index (χ2v) is 3.90. The van der Waals surface area contributed by atoms with Crippen LogP contribution in [0.3, 0.4) is 0 Å². The molecule has 1 saturated heterocycles. The van der Waals surface area contributed by atoms with E-state index in [9.17, 15) is 18.0 Å². The molecule has 4 nitrogen and oxygen atoms in total. The number of hydrogen-bond acceptors (Lipinski definition) is 3. The Balaban J connectivity index is 2.34. The van der Waals surface area contributed by atoms with Gasteiger partial charge in [0.05, 0.1) is 5.56 Å². The lowest BCUT2D eigenvalue weighted by molar-refractivity contribution is -0.141. The summed E-state index contributed by atoms with van der Waals surface area (Å²) in [6.45, 7) is 0.979. The van der Waals surface area contributed by atoms with Crippen LogP contribution >= 0.6 is 0 Å². The Morgan fingerprint density at radius 3 is 2.53 bits per heavy atom. The third kappa shape index (κ3) is 2.33. The van der Waals surface area contributed by atoms with E-state index in [1.54, 1.807) is 0 Å². The quantitative estimate of drug-likeness (QED) is 0.816. The van der Waals surface area contributed by atoms with Crippen molar-refractivity contribution in [3.8, 4) is 0 Å². The summed E-state index contributed by atoms with van der Waals surface area (Å²) >= 11 is 0. The number of hydrogen-bond donors (Lipinski definition) is 1. The summed E-state index contributed by atoms with van der Waals surface area (Å²) in [5, 5.41) is 5.56. The van der Waals surface area contributed by atoms with Crippen LogP contribution in [0.5, 0.6) is 0 Å². The Bertz CT molecular complexity index is 408. The largest absolute Gasteiger partial charge is 0.435 e. The number of carbonyl (C=O) groups excluding carboxylic acids is 1. The van der Waals surface area contributed by atoms with Gasteiger partial charge in [0.15, 0.2) is 12.0 Å². The Hall–Kier alpha value is -1.37. The van der Waals surface area contributed by atoms with Gasteiger partial charge in [-0.1, -0.05) is 0 Å². The van der Waals surface area contributed by atoms with Crippen LogP contribution < -0.4 is 0 Å². The van der Waals surface area contributed by atoms with Gasteiger partial charge in [-0.3, -0.25) is 9.89 Å². The molecule has 0 bridgehead atoms. The minimum absolute atomic E-state index is 0.118. The molecule has 0 radical (unpaired) electrons. The average molecular weight is 248 g/mol. The van der Waals surface area contributed by atoms with Crippen molar-refractivity contribution >= 4 is 6.29 Å². The van der Waals surface area contributed by atoms with Gasteiger partial charge in [-0.15, -0.1) is 0 Å². The van der Waals surface area contributed by atoms with Gasteiger partial charge >= 0.3 is 6.18 Å². The first-order chi connectivity index (χ1) is 8.04. The first-order valence-corrected chi connectivity index (χ1v) is 5.22. The van der Waals surface area contributed by atoms with Gasteiger partial charge in [0.25, 0.3) is 0 Å². The molecule has 0 aromatic carbocycles. The van der Waals surface area contributed by atoms with Crippen molar-refractivity contribution in [1.29, 1.82) is 0 Å². The summed E-state index contributed by atoms with van der Waals surface area (Å²) in [6, 6.07) is 0. The summed E-state index contributed by atoms with van der Waals surface area (Å²) in [5.74, 6) is -0.118. The zero-order valence-electron chi connectivity index (χ0n) is 8.88. The fraction of sp³-hybridized carbons (Fsp3) is 0.600. The predicted molar refractivity (Wildman–Crippen MR) is 51.8 cm³/mol. The Kier molecular flexibility index (Phi) is 3.19. The number of ether oxygens (including phenoxy) is 1. The van der Waals surface area contributed by atoms with Crippen LogP contribution in [-0.2, 0) is 10.9 Å². The first-order valence-electron chi connectivity index (χ1n) is 5.22. The molecule has 0 saturated carbocycles. The monoisotopic (exact) mass is 248 g/mol. The number of rotatable bonds is 2. The molecule has 1 aliphatic heterocycles. The zero-order valence-corrected chi connectivity index (χ0v) is 8.88. The molecule has 0 spiro atoms. The summed E-state index contributed by atoms with van der Waals surface area (Å²) in [5.41, 5.74) is -1.23. The number of halogens is 3. The molecule has 0 unspecified atom stereocenters. The van der Waals surface area contributed by atoms with Gasteiger partial charge in [0.2, 0.25) is 0 Å². The number of aldehydes is 1. The lowest BCUT2D eigenvalue weighted by Crippen LogP contribution is -2.16. The van der Waals surface area contributed by atoms with E-state index in [1.165, 1.54) is 0 Å². The second-order valence-electron chi connectivity index (χ2n) is 3.90. The second kappa shape index (κ2) is 4.48. The number of nitrogens with zero attached hydrogens (tertiary/aromatic N) is 1. The summed E-state index contributed by atoms with van der Waals surface area (Å²) in [4.78, 5) is 10.8. The molecule has 0 atom stereocenters. The van der Waals surface area contributed by atoms with Gasteiger partial charge in [0, 0.05) is 24.8 Å². The van der Waals surface area contributed by atoms with Crippen LogP contribution in [0.15, 0.2) is 0 Å². The third-order valence-corrected chi connectivity index (χ3v) is 2.85. The van der Waals surface area contributed by atoms with Crippen molar-refractivity contribution in [1.82, 2.24) is 10.2 Å². The standard InChI is InChI=1S/C10H11F3N2O2/c11-10(12,13)9-7(5-16)8(14-15-9)6-1-3-17-4-2-6/h5-6H,1-4H2,(H,14,15). The number of aromatic amines is 1. The van der Waals surface area contributed by atoms with Crippen LogP contribution in [0.25, 0.3) is 0 Å². The lowest BCUT2D eigenvalue weighted by atomic mass is 9.93. The Morgan fingerprint density at radius 2 is 2.00 bits per heavy atom. The predicted octanol–water partition coefficient (Wildman–Crippen LogP) is 2.13.